The maximum Gasteiger partial charge on any atom is 0.193 e. The van der Waals surface area contributed by atoms with Crippen LogP contribution in [0.15, 0.2) is 130 Å². The zero-order valence-electron chi connectivity index (χ0n) is 22.0. The van der Waals surface area contributed by atoms with Crippen molar-refractivity contribution in [1.29, 1.82) is 0 Å². The number of benzene rings is 5. The van der Waals surface area contributed by atoms with Crippen LogP contribution in [-0.4, -0.2) is 17.3 Å². The Morgan fingerprint density at radius 3 is 1.62 bits per heavy atom. The van der Waals surface area contributed by atoms with Crippen LogP contribution >= 0.6 is 11.3 Å². The zero-order chi connectivity index (χ0) is 27.8. The van der Waals surface area contributed by atoms with Gasteiger partial charge < -0.3 is 0 Å². The number of rotatable bonds is 7. The van der Waals surface area contributed by atoms with E-state index in [2.05, 4.69) is 18.2 Å². The van der Waals surface area contributed by atoms with Crippen molar-refractivity contribution in [2.75, 3.05) is 0 Å². The topological polar surface area (TPSA) is 51.2 Å². The fraction of sp³-hybridized carbons (Fsp3) is 0.0571. The quantitative estimate of drug-likeness (QED) is 0.146. The van der Waals surface area contributed by atoms with Gasteiger partial charge >= 0.3 is 0 Å². The summed E-state index contributed by atoms with van der Waals surface area (Å²) in [4.78, 5) is 40.8. The van der Waals surface area contributed by atoms with Gasteiger partial charge in [0.15, 0.2) is 32.0 Å². The van der Waals surface area contributed by atoms with Crippen LogP contribution in [0.25, 0.3) is 20.2 Å². The molecular formula is C35H25O3S2+. The molecule has 6 aromatic rings. The molecule has 0 N–H and O–H groups in total. The van der Waals surface area contributed by atoms with Crippen LogP contribution in [0.5, 0.6) is 0 Å². The summed E-state index contributed by atoms with van der Waals surface area (Å²) in [5, 5.41) is 2.13. The highest BCUT2D eigenvalue weighted by molar-refractivity contribution is 7.97. The molecule has 0 saturated carbocycles. The van der Waals surface area contributed by atoms with E-state index >= 15 is 0 Å². The Morgan fingerprint density at radius 1 is 0.500 bits per heavy atom. The van der Waals surface area contributed by atoms with Crippen molar-refractivity contribution in [2.45, 2.75) is 28.5 Å². The van der Waals surface area contributed by atoms with Gasteiger partial charge in [-0.1, -0.05) is 54.6 Å². The fourth-order valence-electron chi connectivity index (χ4n) is 4.87. The smallest absolute Gasteiger partial charge is 0.193 e. The number of ketones is 3. The maximum absolute atomic E-state index is 13.2. The molecule has 0 radical (unpaired) electrons. The summed E-state index contributed by atoms with van der Waals surface area (Å²) < 4.78 is 2.26. The Morgan fingerprint density at radius 2 is 1.02 bits per heavy atom. The van der Waals surface area contributed by atoms with Gasteiger partial charge in [0.25, 0.3) is 0 Å². The number of hydrogen-bond donors (Lipinski definition) is 0. The first kappa shape index (κ1) is 25.9. The lowest BCUT2D eigenvalue weighted by Gasteiger charge is -2.10. The molecule has 0 spiro atoms. The first-order chi connectivity index (χ1) is 19.4. The van der Waals surface area contributed by atoms with Crippen LogP contribution in [0.2, 0.25) is 0 Å². The normalized spacial score (nSPS) is 11.3. The van der Waals surface area contributed by atoms with Gasteiger partial charge in [0.2, 0.25) is 0 Å². The van der Waals surface area contributed by atoms with Crippen molar-refractivity contribution in [1.82, 2.24) is 0 Å². The van der Waals surface area contributed by atoms with E-state index in [0.29, 0.717) is 22.3 Å². The summed E-state index contributed by atoms with van der Waals surface area (Å²) in [5.41, 5.74) is 2.64. The monoisotopic (exact) mass is 557 g/mol. The lowest BCUT2D eigenvalue weighted by Crippen LogP contribution is -2.07. The molecule has 5 heteroatoms. The summed E-state index contributed by atoms with van der Waals surface area (Å²) in [6.45, 7) is 3.15. The Hall–Kier alpha value is -4.32. The van der Waals surface area contributed by atoms with Crippen LogP contribution in [0, 0.1) is 0 Å². The van der Waals surface area contributed by atoms with E-state index in [4.69, 9.17) is 0 Å². The third-order valence-electron chi connectivity index (χ3n) is 6.93. The van der Waals surface area contributed by atoms with Gasteiger partial charge in [-0.15, -0.1) is 11.3 Å². The van der Waals surface area contributed by atoms with Gasteiger partial charge in [-0.05, 0) is 56.3 Å². The van der Waals surface area contributed by atoms with E-state index in [1.807, 2.05) is 97.1 Å². The van der Waals surface area contributed by atoms with Crippen molar-refractivity contribution in [3.8, 4) is 0 Å². The number of thiophene rings is 1. The van der Waals surface area contributed by atoms with Crippen LogP contribution in [0.4, 0.5) is 0 Å². The summed E-state index contributed by atoms with van der Waals surface area (Å²) in [6.07, 6.45) is 0. The van der Waals surface area contributed by atoms with Crippen molar-refractivity contribution in [2.24, 2.45) is 0 Å². The molecule has 3 nitrogen and oxygen atoms in total. The number of Topliss-reactive ketones (excluding diaryl/α,β-unsaturated/α-hetero) is 2. The van der Waals surface area contributed by atoms with Gasteiger partial charge in [0, 0.05) is 60.6 Å². The molecule has 0 unspecified atom stereocenters. The number of carbonyl (C=O) groups excluding carboxylic acids is 3. The predicted octanol–water partition coefficient (Wildman–Crippen LogP) is 8.79. The van der Waals surface area contributed by atoms with Crippen LogP contribution in [0.1, 0.15) is 50.5 Å². The van der Waals surface area contributed by atoms with Crippen molar-refractivity contribution < 1.29 is 14.4 Å². The number of hydrogen-bond acceptors (Lipinski definition) is 4. The molecule has 1 aromatic heterocycles. The van der Waals surface area contributed by atoms with Gasteiger partial charge in [0.1, 0.15) is 0 Å². The Bertz CT molecular complexity index is 1880. The second kappa shape index (κ2) is 10.7. The third-order valence-corrected chi connectivity index (χ3v) is 10.3. The first-order valence-electron chi connectivity index (χ1n) is 12.9. The highest BCUT2D eigenvalue weighted by Gasteiger charge is 2.30. The van der Waals surface area contributed by atoms with Crippen LogP contribution < -0.4 is 0 Å². The molecule has 0 aliphatic rings. The average molecular weight is 558 g/mol. The lowest BCUT2D eigenvalue weighted by molar-refractivity contribution is 0.100. The largest absolute Gasteiger partial charge is 0.295 e. The minimum atomic E-state index is -0.562. The molecule has 0 amide bonds. The molecule has 1 heterocycles. The number of carbonyl (C=O) groups is 3. The molecular weight excluding hydrogens is 533 g/mol. The van der Waals surface area contributed by atoms with E-state index in [0.717, 1.165) is 34.9 Å². The Balaban J connectivity index is 1.53. The van der Waals surface area contributed by atoms with E-state index < -0.39 is 10.9 Å². The number of fused-ring (bicyclic) bond motifs is 3. The average Bonchev–Trinajstić information content (AvgIpc) is 3.35. The molecule has 0 saturated heterocycles. The predicted molar refractivity (Wildman–Crippen MR) is 164 cm³/mol. The van der Waals surface area contributed by atoms with E-state index in [-0.39, 0.29) is 17.3 Å². The van der Waals surface area contributed by atoms with Crippen molar-refractivity contribution >= 4 is 59.8 Å². The molecule has 40 heavy (non-hydrogen) atoms. The van der Waals surface area contributed by atoms with Crippen LogP contribution in [0.3, 0.4) is 0 Å². The minimum Gasteiger partial charge on any atom is -0.295 e. The lowest BCUT2D eigenvalue weighted by atomic mass is 10.0. The Labute approximate surface area is 239 Å². The van der Waals surface area contributed by atoms with Gasteiger partial charge in [-0.25, -0.2) is 0 Å². The first-order valence-corrected chi connectivity index (χ1v) is 15.0. The maximum atomic E-state index is 13.2. The minimum absolute atomic E-state index is 0.000137. The van der Waals surface area contributed by atoms with E-state index in [9.17, 15) is 14.4 Å². The standard InChI is InChI=1S/C35H25O3S2/c1-22(36)25-10-6-12-28(18-25)40(29-13-7-11-26(19-29)23(2)37)30-15-17-34-32(21-30)31-20-27(14-16-33(31)39-34)35(38)24-8-4-3-5-9-24/h3-21H,1-2H3/q+1. The molecule has 5 aromatic carbocycles. The molecule has 0 bridgehead atoms. The van der Waals surface area contributed by atoms with E-state index in [1.54, 1.807) is 25.2 Å². The Kier molecular flexibility index (Phi) is 6.93. The molecule has 0 aliphatic heterocycles. The van der Waals surface area contributed by atoms with Crippen LogP contribution in [-0.2, 0) is 10.9 Å². The summed E-state index contributed by atoms with van der Waals surface area (Å²) in [7, 11) is -0.562. The molecule has 194 valence electrons. The summed E-state index contributed by atoms with van der Waals surface area (Å²) in [5.74, 6) is 0.0235. The van der Waals surface area contributed by atoms with Gasteiger partial charge in [0.05, 0.1) is 10.9 Å². The zero-order valence-corrected chi connectivity index (χ0v) is 23.6. The van der Waals surface area contributed by atoms with Gasteiger partial charge in [-0.2, -0.15) is 0 Å². The summed E-state index contributed by atoms with van der Waals surface area (Å²) in [6, 6.07) is 37.2. The SMILES string of the molecule is CC(=O)c1cccc([S+](c2cccc(C(C)=O)c2)c2ccc3sc4ccc(C(=O)c5ccccc5)cc4c3c2)c1. The molecule has 0 fully saturated rings. The molecule has 6 rings (SSSR count). The van der Waals surface area contributed by atoms with Crippen molar-refractivity contribution in [3.63, 3.8) is 0 Å². The highest BCUT2D eigenvalue weighted by Crippen LogP contribution is 2.39. The second-order valence-corrected chi connectivity index (χ2v) is 12.8. The second-order valence-electron chi connectivity index (χ2n) is 9.64. The third kappa shape index (κ3) is 4.90. The summed E-state index contributed by atoms with van der Waals surface area (Å²) >= 11 is 1.71. The van der Waals surface area contributed by atoms with Crippen molar-refractivity contribution in [3.05, 3.63) is 138 Å². The molecule has 0 aliphatic carbocycles. The molecule has 0 atom stereocenters. The van der Waals surface area contributed by atoms with Gasteiger partial charge in [-0.3, -0.25) is 14.4 Å². The highest BCUT2D eigenvalue weighted by atomic mass is 32.2. The van der Waals surface area contributed by atoms with E-state index in [1.165, 1.54) is 0 Å². The fourth-order valence-corrected chi connectivity index (χ4v) is 8.12.